The van der Waals surface area contributed by atoms with Gasteiger partial charge in [-0.15, -0.1) is 0 Å². The van der Waals surface area contributed by atoms with Crippen LogP contribution in [-0.4, -0.2) is 24.1 Å². The topological polar surface area (TPSA) is 68.3 Å². The first-order valence-corrected chi connectivity index (χ1v) is 5.49. The zero-order valence-corrected chi connectivity index (χ0v) is 8.64. The van der Waals surface area contributed by atoms with Crippen LogP contribution in [0.1, 0.15) is 27.2 Å². The van der Waals surface area contributed by atoms with Crippen molar-refractivity contribution in [1.29, 1.82) is 0 Å². The van der Waals surface area contributed by atoms with Crippen LogP contribution in [0.15, 0.2) is 0 Å². The maximum absolute atomic E-state index is 11.5. The first-order valence-electron chi connectivity index (χ1n) is 4.01. The third-order valence-electron chi connectivity index (χ3n) is 2.43. The van der Waals surface area contributed by atoms with E-state index >= 15 is 0 Å². The van der Waals surface area contributed by atoms with E-state index in [1.807, 2.05) is 0 Å². The maximum Gasteiger partial charge on any atom is 0.257 e. The van der Waals surface area contributed by atoms with Gasteiger partial charge in [0, 0.05) is 6.42 Å². The van der Waals surface area contributed by atoms with Crippen molar-refractivity contribution in [2.45, 2.75) is 31.9 Å². The van der Waals surface area contributed by atoms with Crippen molar-refractivity contribution in [2.75, 3.05) is 0 Å². The number of hydrogen-bond donors (Lipinski definition) is 0. The van der Waals surface area contributed by atoms with Gasteiger partial charge in [0.2, 0.25) is 9.84 Å². The Morgan fingerprint density at radius 1 is 1.31 bits per heavy atom. The highest BCUT2D eigenvalue weighted by molar-refractivity contribution is 8.07. The van der Waals surface area contributed by atoms with Gasteiger partial charge in [0.1, 0.15) is 5.78 Å². The van der Waals surface area contributed by atoms with Crippen LogP contribution in [0.4, 0.5) is 0 Å². The van der Waals surface area contributed by atoms with Gasteiger partial charge in [0.25, 0.3) is 5.12 Å². The maximum atomic E-state index is 11.5. The van der Waals surface area contributed by atoms with Crippen LogP contribution < -0.4 is 0 Å². The van der Waals surface area contributed by atoms with E-state index in [9.17, 15) is 18.0 Å². The van der Waals surface area contributed by atoms with Crippen molar-refractivity contribution < 1.29 is 18.0 Å². The number of Topliss-reactive ketones (excluding diaryl/α,β-unsaturated/α-hetero) is 1. The normalized spacial score (nSPS) is 31.8. The lowest BCUT2D eigenvalue weighted by atomic mass is 9.97. The Balaban J connectivity index is 3.28. The molecule has 1 atom stereocenters. The summed E-state index contributed by atoms with van der Waals surface area (Å²) < 4.78 is 21.7. The number of carbonyl (C=O) groups excluding carboxylic acids is 2. The number of ketones is 1. The van der Waals surface area contributed by atoms with Gasteiger partial charge in [-0.2, -0.15) is 0 Å². The van der Waals surface area contributed by atoms with E-state index in [0.29, 0.717) is 0 Å². The summed E-state index contributed by atoms with van der Waals surface area (Å²) in [6.07, 6.45) is -0.0672. The van der Waals surface area contributed by atoms with Crippen molar-refractivity contribution >= 4 is 20.7 Å². The predicted molar refractivity (Wildman–Crippen MR) is 46.8 cm³/mol. The van der Waals surface area contributed by atoms with E-state index in [1.54, 1.807) is 0 Å². The van der Waals surface area contributed by atoms with E-state index in [0.717, 1.165) is 0 Å². The molecular formula is C8H12O4S. The fourth-order valence-corrected chi connectivity index (χ4v) is 2.78. The molecule has 5 heteroatoms. The van der Waals surface area contributed by atoms with Gasteiger partial charge >= 0.3 is 0 Å². The summed E-state index contributed by atoms with van der Waals surface area (Å²) in [4.78, 5) is 22.5. The fraction of sp³-hybridized carbons (Fsp3) is 0.750. The van der Waals surface area contributed by atoms with Gasteiger partial charge in [0.15, 0.2) is 0 Å². The largest absolute Gasteiger partial charge is 0.299 e. The van der Waals surface area contributed by atoms with E-state index in [-0.39, 0.29) is 12.2 Å². The van der Waals surface area contributed by atoms with Gasteiger partial charge in [-0.1, -0.05) is 0 Å². The predicted octanol–water partition coefficient (Wildman–Crippen LogP) is 0.315. The number of carbonyl (C=O) groups is 2. The molecule has 1 aliphatic heterocycles. The molecule has 4 nitrogen and oxygen atoms in total. The molecule has 1 fully saturated rings. The van der Waals surface area contributed by atoms with E-state index in [4.69, 9.17) is 0 Å². The van der Waals surface area contributed by atoms with E-state index < -0.39 is 25.6 Å². The number of hydrogen-bond acceptors (Lipinski definition) is 4. The average molecular weight is 204 g/mol. The molecule has 74 valence electrons. The Morgan fingerprint density at radius 2 is 1.77 bits per heavy atom. The lowest BCUT2D eigenvalue weighted by Gasteiger charge is -2.29. The van der Waals surface area contributed by atoms with Crippen LogP contribution in [0.2, 0.25) is 0 Å². The standard InChI is InChI=1S/C8H12O4S/c1-5-6(9)4-8(2,3)13(11,12)7(5)10/h5H,4H2,1-3H3. The SMILES string of the molecule is CC1C(=O)CC(C)(C)S(=O)(=O)C1=O. The van der Waals surface area contributed by atoms with Crippen molar-refractivity contribution in [1.82, 2.24) is 0 Å². The highest BCUT2D eigenvalue weighted by Crippen LogP contribution is 2.31. The molecule has 1 saturated heterocycles. The molecule has 1 aliphatic rings. The highest BCUT2D eigenvalue weighted by Gasteiger charge is 2.50. The van der Waals surface area contributed by atoms with Crippen molar-refractivity contribution in [3.8, 4) is 0 Å². The summed E-state index contributed by atoms with van der Waals surface area (Å²) >= 11 is 0. The lowest BCUT2D eigenvalue weighted by molar-refractivity contribution is -0.129. The third-order valence-corrected chi connectivity index (χ3v) is 4.91. The quantitative estimate of drug-likeness (QED) is 0.533. The molecule has 0 aromatic carbocycles. The summed E-state index contributed by atoms with van der Waals surface area (Å²) in [6.45, 7) is 4.16. The summed E-state index contributed by atoms with van der Waals surface area (Å²) in [5.74, 6) is -1.28. The van der Waals surface area contributed by atoms with E-state index in [2.05, 4.69) is 0 Å². The molecule has 0 aromatic heterocycles. The molecule has 0 aliphatic carbocycles. The smallest absolute Gasteiger partial charge is 0.257 e. The van der Waals surface area contributed by atoms with Gasteiger partial charge < -0.3 is 0 Å². The Kier molecular flexibility index (Phi) is 2.10. The lowest BCUT2D eigenvalue weighted by Crippen LogP contribution is -2.48. The number of rotatable bonds is 0. The molecule has 0 radical (unpaired) electrons. The molecule has 1 rings (SSSR count). The van der Waals surface area contributed by atoms with Crippen LogP contribution in [0.25, 0.3) is 0 Å². The molecule has 1 unspecified atom stereocenters. The van der Waals surface area contributed by atoms with Gasteiger partial charge in [-0.3, -0.25) is 9.59 Å². The first kappa shape index (κ1) is 10.4. The molecule has 1 heterocycles. The summed E-state index contributed by atoms with van der Waals surface area (Å²) in [5.41, 5.74) is 0. The van der Waals surface area contributed by atoms with Crippen LogP contribution in [0.3, 0.4) is 0 Å². The van der Waals surface area contributed by atoms with Crippen LogP contribution in [0.5, 0.6) is 0 Å². The zero-order valence-electron chi connectivity index (χ0n) is 7.83. The van der Waals surface area contributed by atoms with Gasteiger partial charge in [0.05, 0.1) is 10.7 Å². The molecule has 0 amide bonds. The molecule has 0 bridgehead atoms. The van der Waals surface area contributed by atoms with Gasteiger partial charge in [-0.25, -0.2) is 8.42 Å². The molecular weight excluding hydrogens is 192 g/mol. The van der Waals surface area contributed by atoms with E-state index in [1.165, 1.54) is 20.8 Å². The summed E-state index contributed by atoms with van der Waals surface area (Å²) in [7, 11) is -3.78. The molecule has 0 saturated carbocycles. The first-order chi connectivity index (χ1) is 5.70. The molecule has 0 N–H and O–H groups in total. The summed E-state index contributed by atoms with van der Waals surface area (Å²) in [5, 5.41) is -0.936. The average Bonchev–Trinajstić information content (AvgIpc) is 1.98. The molecule has 13 heavy (non-hydrogen) atoms. The van der Waals surface area contributed by atoms with Crippen molar-refractivity contribution in [3.63, 3.8) is 0 Å². The molecule has 0 spiro atoms. The van der Waals surface area contributed by atoms with Crippen molar-refractivity contribution in [2.24, 2.45) is 5.92 Å². The van der Waals surface area contributed by atoms with Crippen LogP contribution in [-0.2, 0) is 19.4 Å². The molecule has 0 aromatic rings. The van der Waals surface area contributed by atoms with Crippen molar-refractivity contribution in [3.05, 3.63) is 0 Å². The second kappa shape index (κ2) is 2.64. The Labute approximate surface area is 77.2 Å². The minimum absolute atomic E-state index is 0.0672. The second-order valence-electron chi connectivity index (χ2n) is 3.95. The second-order valence-corrected chi connectivity index (χ2v) is 6.46. The van der Waals surface area contributed by atoms with Crippen LogP contribution in [0, 0.1) is 5.92 Å². The third kappa shape index (κ3) is 1.31. The Bertz CT molecular complexity index is 364. The monoisotopic (exact) mass is 204 g/mol. The Hall–Kier alpha value is -0.710. The van der Waals surface area contributed by atoms with Gasteiger partial charge in [-0.05, 0) is 20.8 Å². The zero-order chi connectivity index (χ0) is 10.4. The fourth-order valence-electron chi connectivity index (χ4n) is 1.30. The summed E-state index contributed by atoms with van der Waals surface area (Å²) in [6, 6.07) is 0. The van der Waals surface area contributed by atoms with Crippen LogP contribution >= 0.6 is 0 Å². The minimum atomic E-state index is -3.78. The number of sulfone groups is 1. The minimum Gasteiger partial charge on any atom is -0.299 e. The Morgan fingerprint density at radius 3 is 2.23 bits per heavy atom. The highest BCUT2D eigenvalue weighted by atomic mass is 32.2.